The third kappa shape index (κ3) is 4.67. The van der Waals surface area contributed by atoms with Gasteiger partial charge in [-0.25, -0.2) is 9.79 Å². The van der Waals surface area contributed by atoms with Crippen molar-refractivity contribution in [3.8, 4) is 11.5 Å². The highest BCUT2D eigenvalue weighted by molar-refractivity contribution is 9.10. The molecular formula is C21H18BrNO5. The van der Waals surface area contributed by atoms with E-state index in [1.807, 2.05) is 31.2 Å². The predicted molar refractivity (Wildman–Crippen MR) is 108 cm³/mol. The van der Waals surface area contributed by atoms with Crippen molar-refractivity contribution in [1.29, 1.82) is 0 Å². The lowest BCUT2D eigenvalue weighted by atomic mass is 10.1. The molecule has 1 aliphatic rings. The van der Waals surface area contributed by atoms with Crippen molar-refractivity contribution in [1.82, 2.24) is 0 Å². The normalized spacial score (nSPS) is 14.6. The summed E-state index contributed by atoms with van der Waals surface area (Å²) in [6.07, 6.45) is 1.86. The lowest BCUT2D eigenvalue weighted by Gasteiger charge is -2.10. The zero-order chi connectivity index (χ0) is 20.1. The Bertz CT molecular complexity index is 981. The Labute approximate surface area is 171 Å². The van der Waals surface area contributed by atoms with E-state index in [2.05, 4.69) is 20.9 Å². The molecule has 0 radical (unpaired) electrons. The van der Waals surface area contributed by atoms with E-state index in [0.29, 0.717) is 29.2 Å². The lowest BCUT2D eigenvalue weighted by molar-refractivity contribution is -0.134. The maximum Gasteiger partial charge on any atom is 0.363 e. The molecule has 0 amide bonds. The van der Waals surface area contributed by atoms with E-state index in [1.54, 1.807) is 31.2 Å². The number of aliphatic imine (C=N–C) groups is 1. The highest BCUT2D eigenvalue weighted by Gasteiger charge is 2.24. The van der Waals surface area contributed by atoms with Crippen LogP contribution in [0.5, 0.6) is 11.5 Å². The van der Waals surface area contributed by atoms with Crippen molar-refractivity contribution < 1.29 is 23.8 Å². The molecule has 2 aromatic carbocycles. The average Bonchev–Trinajstić information content (AvgIpc) is 3.04. The number of rotatable bonds is 6. The highest BCUT2D eigenvalue weighted by atomic mass is 79.9. The van der Waals surface area contributed by atoms with Gasteiger partial charge in [0, 0.05) is 16.5 Å². The molecule has 3 rings (SSSR count). The number of halogens is 1. The van der Waals surface area contributed by atoms with Gasteiger partial charge in [-0.3, -0.25) is 4.79 Å². The first-order chi connectivity index (χ1) is 13.5. The minimum Gasteiger partial charge on any atom is -0.490 e. The molecule has 0 saturated carbocycles. The van der Waals surface area contributed by atoms with Crippen molar-refractivity contribution >= 4 is 39.8 Å². The number of nitrogens with zero attached hydrogens (tertiary/aromatic N) is 1. The third-order valence-electron chi connectivity index (χ3n) is 3.78. The van der Waals surface area contributed by atoms with Crippen molar-refractivity contribution in [3.05, 3.63) is 63.8 Å². The first kappa shape index (κ1) is 19.8. The molecule has 7 heteroatoms. The van der Waals surface area contributed by atoms with Gasteiger partial charge in [0.15, 0.2) is 17.2 Å². The van der Waals surface area contributed by atoms with Gasteiger partial charge in [-0.2, -0.15) is 0 Å². The summed E-state index contributed by atoms with van der Waals surface area (Å²) in [6.45, 7) is 3.96. The zero-order valence-corrected chi connectivity index (χ0v) is 17.0. The van der Waals surface area contributed by atoms with Crippen LogP contribution in [0.2, 0.25) is 0 Å². The fourth-order valence-corrected chi connectivity index (χ4v) is 2.87. The van der Waals surface area contributed by atoms with Crippen molar-refractivity contribution in [3.63, 3.8) is 0 Å². The van der Waals surface area contributed by atoms with Crippen LogP contribution < -0.4 is 9.47 Å². The Balaban J connectivity index is 1.90. The molecule has 0 fully saturated rings. The number of esters is 2. The van der Waals surface area contributed by atoms with Crippen LogP contribution in [-0.4, -0.2) is 24.4 Å². The topological polar surface area (TPSA) is 74.2 Å². The summed E-state index contributed by atoms with van der Waals surface area (Å²) in [5.41, 5.74) is 1.55. The summed E-state index contributed by atoms with van der Waals surface area (Å²) >= 11 is 3.38. The molecule has 144 valence electrons. The standard InChI is InChI=1S/C21H18BrNO5/c1-3-19(24)27-17-9-8-13(11-18(17)26-4-2)10-16-21(25)28-20(23-16)14-6-5-7-15(22)12-14/h5-12H,3-4H2,1-2H3/b16-10-. The number of carbonyl (C=O) groups is 2. The summed E-state index contributed by atoms with van der Waals surface area (Å²) in [4.78, 5) is 28.1. The van der Waals surface area contributed by atoms with E-state index in [4.69, 9.17) is 14.2 Å². The zero-order valence-electron chi connectivity index (χ0n) is 15.4. The van der Waals surface area contributed by atoms with Gasteiger partial charge >= 0.3 is 11.9 Å². The minimum absolute atomic E-state index is 0.177. The molecule has 2 aromatic rings. The average molecular weight is 444 g/mol. The predicted octanol–water partition coefficient (Wildman–Crippen LogP) is 4.51. The van der Waals surface area contributed by atoms with Crippen LogP contribution in [-0.2, 0) is 14.3 Å². The molecule has 6 nitrogen and oxygen atoms in total. The fourth-order valence-electron chi connectivity index (χ4n) is 2.47. The lowest BCUT2D eigenvalue weighted by Crippen LogP contribution is -2.07. The Hall–Kier alpha value is -2.93. The Morgan fingerprint density at radius 2 is 2.00 bits per heavy atom. The summed E-state index contributed by atoms with van der Waals surface area (Å²) in [5.74, 6) is 0.115. The SMILES string of the molecule is CCOc1cc(/C=C2\N=C(c3cccc(Br)c3)OC2=O)ccc1OC(=O)CC. The number of benzene rings is 2. The van der Waals surface area contributed by atoms with Crippen LogP contribution in [0.1, 0.15) is 31.4 Å². The van der Waals surface area contributed by atoms with Crippen LogP contribution in [0.25, 0.3) is 6.08 Å². The summed E-state index contributed by atoms with van der Waals surface area (Å²) in [6, 6.07) is 12.4. The third-order valence-corrected chi connectivity index (χ3v) is 4.27. The first-order valence-corrected chi connectivity index (χ1v) is 9.55. The van der Waals surface area contributed by atoms with Gasteiger partial charge < -0.3 is 14.2 Å². The van der Waals surface area contributed by atoms with E-state index in [1.165, 1.54) is 0 Å². The number of hydrogen-bond acceptors (Lipinski definition) is 6. The fraction of sp³-hybridized carbons (Fsp3) is 0.190. The molecule has 1 heterocycles. The summed E-state index contributed by atoms with van der Waals surface area (Å²) in [5, 5.41) is 0. The van der Waals surface area contributed by atoms with Crippen LogP contribution in [0.3, 0.4) is 0 Å². The molecule has 0 saturated heterocycles. The van der Waals surface area contributed by atoms with E-state index in [9.17, 15) is 9.59 Å². The molecule has 0 aromatic heterocycles. The highest BCUT2D eigenvalue weighted by Crippen LogP contribution is 2.30. The summed E-state index contributed by atoms with van der Waals surface area (Å²) < 4.78 is 17.0. The van der Waals surface area contributed by atoms with Gasteiger partial charge in [-0.1, -0.05) is 35.0 Å². The monoisotopic (exact) mass is 443 g/mol. The molecule has 0 N–H and O–H groups in total. The van der Waals surface area contributed by atoms with Crippen LogP contribution in [0.15, 0.2) is 57.6 Å². The number of hydrogen-bond donors (Lipinski definition) is 0. The largest absolute Gasteiger partial charge is 0.490 e. The van der Waals surface area contributed by atoms with Crippen molar-refractivity contribution in [2.75, 3.05) is 6.61 Å². The first-order valence-electron chi connectivity index (χ1n) is 8.76. The van der Waals surface area contributed by atoms with Gasteiger partial charge in [-0.15, -0.1) is 0 Å². The minimum atomic E-state index is -0.533. The van der Waals surface area contributed by atoms with E-state index in [-0.39, 0.29) is 24.0 Å². The van der Waals surface area contributed by atoms with Gasteiger partial charge in [0.05, 0.1) is 6.61 Å². The Kier molecular flexibility index (Phi) is 6.26. The van der Waals surface area contributed by atoms with E-state index in [0.717, 1.165) is 4.47 Å². The molecule has 0 unspecified atom stereocenters. The second kappa shape index (κ2) is 8.84. The van der Waals surface area contributed by atoms with E-state index < -0.39 is 5.97 Å². The molecule has 0 spiro atoms. The molecule has 0 bridgehead atoms. The van der Waals surface area contributed by atoms with Gasteiger partial charge in [0.1, 0.15) is 0 Å². The second-order valence-corrected chi connectivity index (χ2v) is 6.73. The van der Waals surface area contributed by atoms with Crippen LogP contribution in [0, 0.1) is 0 Å². The van der Waals surface area contributed by atoms with Crippen molar-refractivity contribution in [2.45, 2.75) is 20.3 Å². The maximum absolute atomic E-state index is 12.2. The second-order valence-electron chi connectivity index (χ2n) is 5.81. The summed E-state index contributed by atoms with van der Waals surface area (Å²) in [7, 11) is 0. The maximum atomic E-state index is 12.2. The molecule has 0 aliphatic carbocycles. The number of ether oxygens (including phenoxy) is 3. The number of cyclic esters (lactones) is 1. The van der Waals surface area contributed by atoms with Gasteiger partial charge in [-0.05, 0) is 48.9 Å². The Morgan fingerprint density at radius 3 is 2.71 bits per heavy atom. The Morgan fingerprint density at radius 1 is 1.18 bits per heavy atom. The van der Waals surface area contributed by atoms with Crippen LogP contribution >= 0.6 is 15.9 Å². The molecule has 28 heavy (non-hydrogen) atoms. The molecule has 1 aliphatic heterocycles. The van der Waals surface area contributed by atoms with Gasteiger partial charge in [0.2, 0.25) is 5.90 Å². The van der Waals surface area contributed by atoms with Crippen LogP contribution in [0.4, 0.5) is 0 Å². The molecular weight excluding hydrogens is 426 g/mol. The smallest absolute Gasteiger partial charge is 0.363 e. The quantitative estimate of drug-likeness (QED) is 0.373. The number of carbonyl (C=O) groups excluding carboxylic acids is 2. The molecule has 0 atom stereocenters. The van der Waals surface area contributed by atoms with Gasteiger partial charge in [0.25, 0.3) is 0 Å². The van der Waals surface area contributed by atoms with Crippen molar-refractivity contribution in [2.24, 2.45) is 4.99 Å². The van der Waals surface area contributed by atoms with E-state index >= 15 is 0 Å².